The number of hydrogen-bond donors (Lipinski definition) is 2. The average molecular weight is 272 g/mol. The molecule has 1 aromatic carbocycles. The van der Waals surface area contributed by atoms with Crippen LogP contribution in [0.1, 0.15) is 50.4 Å². The van der Waals surface area contributed by atoms with E-state index in [9.17, 15) is 4.79 Å². The van der Waals surface area contributed by atoms with Crippen molar-refractivity contribution >= 4 is 16.8 Å². The van der Waals surface area contributed by atoms with E-state index in [1.807, 2.05) is 13.8 Å². The molecule has 2 N–H and O–H groups in total. The Bertz CT molecular complexity index is 623. The molecule has 2 aromatic rings. The van der Waals surface area contributed by atoms with Crippen molar-refractivity contribution < 1.29 is 4.79 Å². The highest BCUT2D eigenvalue weighted by Crippen LogP contribution is 2.25. The van der Waals surface area contributed by atoms with Crippen LogP contribution in [0.25, 0.3) is 10.9 Å². The van der Waals surface area contributed by atoms with Crippen LogP contribution in [-0.4, -0.2) is 10.9 Å². The van der Waals surface area contributed by atoms with E-state index in [2.05, 4.69) is 49.3 Å². The molecule has 1 aromatic heterocycles. The zero-order valence-electron chi connectivity index (χ0n) is 13.0. The lowest BCUT2D eigenvalue weighted by molar-refractivity contribution is -0.124. The SMILES string of the molecule is Cc1cc2cc(CNC(=O)C(C)C)[nH]c2cc1C(C)C. The van der Waals surface area contributed by atoms with E-state index in [0.717, 1.165) is 11.2 Å². The first-order chi connectivity index (χ1) is 9.38. The second-order valence-electron chi connectivity index (χ2n) is 6.12. The van der Waals surface area contributed by atoms with E-state index in [4.69, 9.17) is 0 Å². The summed E-state index contributed by atoms with van der Waals surface area (Å²) in [5, 5.41) is 4.15. The zero-order valence-corrected chi connectivity index (χ0v) is 13.0. The maximum atomic E-state index is 11.6. The third-order valence-electron chi connectivity index (χ3n) is 3.66. The highest BCUT2D eigenvalue weighted by molar-refractivity contribution is 5.83. The van der Waals surface area contributed by atoms with Crippen molar-refractivity contribution in [1.29, 1.82) is 0 Å². The first-order valence-electron chi connectivity index (χ1n) is 7.28. The van der Waals surface area contributed by atoms with Gasteiger partial charge in [-0.3, -0.25) is 4.79 Å². The van der Waals surface area contributed by atoms with Gasteiger partial charge in [0.25, 0.3) is 0 Å². The van der Waals surface area contributed by atoms with Gasteiger partial charge in [0.05, 0.1) is 6.54 Å². The second-order valence-corrected chi connectivity index (χ2v) is 6.12. The van der Waals surface area contributed by atoms with Gasteiger partial charge in [-0.15, -0.1) is 0 Å². The van der Waals surface area contributed by atoms with Crippen LogP contribution in [0.3, 0.4) is 0 Å². The lowest BCUT2D eigenvalue weighted by Gasteiger charge is -2.09. The van der Waals surface area contributed by atoms with Crippen LogP contribution >= 0.6 is 0 Å². The van der Waals surface area contributed by atoms with Crippen LogP contribution in [0.2, 0.25) is 0 Å². The Hall–Kier alpha value is -1.77. The molecule has 0 unspecified atom stereocenters. The highest BCUT2D eigenvalue weighted by Gasteiger charge is 2.10. The number of hydrogen-bond acceptors (Lipinski definition) is 1. The molecule has 2 rings (SSSR count). The molecule has 0 saturated carbocycles. The number of benzene rings is 1. The number of carbonyl (C=O) groups excluding carboxylic acids is 1. The van der Waals surface area contributed by atoms with Crippen LogP contribution < -0.4 is 5.32 Å². The number of aryl methyl sites for hydroxylation is 1. The predicted octanol–water partition coefficient (Wildman–Crippen LogP) is 3.87. The minimum atomic E-state index is 0.0224. The number of aromatic nitrogens is 1. The molecule has 0 spiro atoms. The van der Waals surface area contributed by atoms with Gasteiger partial charge in [-0.2, -0.15) is 0 Å². The van der Waals surface area contributed by atoms with Gasteiger partial charge < -0.3 is 10.3 Å². The van der Waals surface area contributed by atoms with Crippen LogP contribution in [0, 0.1) is 12.8 Å². The number of rotatable bonds is 4. The van der Waals surface area contributed by atoms with Gasteiger partial charge in [0.15, 0.2) is 0 Å². The van der Waals surface area contributed by atoms with Gasteiger partial charge in [-0.1, -0.05) is 27.7 Å². The summed E-state index contributed by atoms with van der Waals surface area (Å²) < 4.78 is 0. The summed E-state index contributed by atoms with van der Waals surface area (Å²) in [6.45, 7) is 10.9. The smallest absolute Gasteiger partial charge is 0.222 e. The summed E-state index contributed by atoms with van der Waals surface area (Å²) in [6, 6.07) is 6.56. The number of H-pyrrole nitrogens is 1. The number of carbonyl (C=O) groups is 1. The topological polar surface area (TPSA) is 44.9 Å². The summed E-state index contributed by atoms with van der Waals surface area (Å²) in [5.41, 5.74) is 4.89. The quantitative estimate of drug-likeness (QED) is 0.872. The largest absolute Gasteiger partial charge is 0.357 e. The molecule has 0 fully saturated rings. The summed E-state index contributed by atoms with van der Waals surface area (Å²) in [5.74, 6) is 0.628. The van der Waals surface area contributed by atoms with Crippen molar-refractivity contribution in [1.82, 2.24) is 10.3 Å². The van der Waals surface area contributed by atoms with Gasteiger partial charge in [0, 0.05) is 17.1 Å². The lowest BCUT2D eigenvalue weighted by atomic mass is 9.97. The molecule has 0 radical (unpaired) electrons. The number of fused-ring (bicyclic) bond motifs is 1. The first-order valence-corrected chi connectivity index (χ1v) is 7.28. The maximum absolute atomic E-state index is 11.6. The van der Waals surface area contributed by atoms with Gasteiger partial charge >= 0.3 is 0 Å². The van der Waals surface area contributed by atoms with E-state index in [1.54, 1.807) is 0 Å². The molecule has 0 bridgehead atoms. The summed E-state index contributed by atoms with van der Waals surface area (Å²) in [7, 11) is 0. The van der Waals surface area contributed by atoms with Crippen molar-refractivity contribution in [3.05, 3.63) is 35.0 Å². The van der Waals surface area contributed by atoms with Gasteiger partial charge in [-0.05, 0) is 47.6 Å². The minimum absolute atomic E-state index is 0.0224. The Morgan fingerprint density at radius 1 is 1.20 bits per heavy atom. The Kier molecular flexibility index (Phi) is 4.17. The van der Waals surface area contributed by atoms with Gasteiger partial charge in [-0.25, -0.2) is 0 Å². The molecule has 1 amide bonds. The minimum Gasteiger partial charge on any atom is -0.357 e. The van der Waals surface area contributed by atoms with Gasteiger partial charge in [0.1, 0.15) is 0 Å². The molecule has 3 nitrogen and oxygen atoms in total. The van der Waals surface area contributed by atoms with Crippen LogP contribution in [0.4, 0.5) is 0 Å². The number of amides is 1. The Morgan fingerprint density at radius 3 is 2.50 bits per heavy atom. The normalized spacial score (nSPS) is 11.6. The molecule has 0 aliphatic rings. The molecule has 108 valence electrons. The number of nitrogens with one attached hydrogen (secondary N) is 2. The molecule has 20 heavy (non-hydrogen) atoms. The van der Waals surface area contributed by atoms with E-state index in [0.29, 0.717) is 12.5 Å². The van der Waals surface area contributed by atoms with E-state index < -0.39 is 0 Å². The van der Waals surface area contributed by atoms with E-state index in [1.165, 1.54) is 16.5 Å². The molecule has 0 aliphatic carbocycles. The maximum Gasteiger partial charge on any atom is 0.222 e. The molecule has 0 atom stereocenters. The standard InChI is InChI=1S/C17H24N2O/c1-10(2)15-8-16-13(6-12(15)5)7-14(19-16)9-18-17(20)11(3)4/h6-8,10-11,19H,9H2,1-5H3,(H,18,20). The molecule has 0 saturated heterocycles. The van der Waals surface area contributed by atoms with Crippen molar-refractivity contribution in [3.63, 3.8) is 0 Å². The fourth-order valence-electron chi connectivity index (χ4n) is 2.48. The fraction of sp³-hybridized carbons (Fsp3) is 0.471. The average Bonchev–Trinajstić information content (AvgIpc) is 2.76. The Morgan fingerprint density at radius 2 is 1.90 bits per heavy atom. The molecular formula is C17H24N2O. The third-order valence-corrected chi connectivity index (χ3v) is 3.66. The molecule has 3 heteroatoms. The third kappa shape index (κ3) is 3.03. The van der Waals surface area contributed by atoms with Crippen molar-refractivity contribution in [2.45, 2.75) is 47.1 Å². The first kappa shape index (κ1) is 14.6. The fourth-order valence-corrected chi connectivity index (χ4v) is 2.48. The van der Waals surface area contributed by atoms with Crippen LogP contribution in [0.15, 0.2) is 18.2 Å². The highest BCUT2D eigenvalue weighted by atomic mass is 16.1. The molecular weight excluding hydrogens is 248 g/mol. The van der Waals surface area contributed by atoms with Crippen molar-refractivity contribution in [2.75, 3.05) is 0 Å². The van der Waals surface area contributed by atoms with Gasteiger partial charge in [0.2, 0.25) is 5.91 Å². The Balaban J connectivity index is 2.23. The van der Waals surface area contributed by atoms with E-state index >= 15 is 0 Å². The zero-order chi connectivity index (χ0) is 14.9. The van der Waals surface area contributed by atoms with Crippen LogP contribution in [-0.2, 0) is 11.3 Å². The molecule has 1 heterocycles. The van der Waals surface area contributed by atoms with Crippen molar-refractivity contribution in [2.24, 2.45) is 5.92 Å². The summed E-state index contributed by atoms with van der Waals surface area (Å²) in [6.07, 6.45) is 0. The van der Waals surface area contributed by atoms with Crippen LogP contribution in [0.5, 0.6) is 0 Å². The predicted molar refractivity (Wildman–Crippen MR) is 83.8 cm³/mol. The summed E-state index contributed by atoms with van der Waals surface area (Å²) in [4.78, 5) is 15.0. The van der Waals surface area contributed by atoms with E-state index in [-0.39, 0.29) is 11.8 Å². The Labute approximate surface area is 120 Å². The molecule has 0 aliphatic heterocycles. The number of aromatic amines is 1. The summed E-state index contributed by atoms with van der Waals surface area (Å²) >= 11 is 0. The van der Waals surface area contributed by atoms with Crippen molar-refractivity contribution in [3.8, 4) is 0 Å². The second kappa shape index (κ2) is 5.70. The lowest BCUT2D eigenvalue weighted by Crippen LogP contribution is -2.27. The monoisotopic (exact) mass is 272 g/mol.